The Balaban J connectivity index is 2.46. The minimum absolute atomic E-state index is 0.0560. The van der Waals surface area contributed by atoms with Crippen molar-refractivity contribution in [3.05, 3.63) is 23.8 Å². The number of rotatable bonds is 2. The van der Waals surface area contributed by atoms with Crippen LogP contribution < -0.4 is 16.0 Å². The molecule has 1 aromatic rings. The van der Waals surface area contributed by atoms with E-state index in [1.54, 1.807) is 4.90 Å². The van der Waals surface area contributed by atoms with E-state index in [4.69, 9.17) is 5.73 Å². The van der Waals surface area contributed by atoms with Gasteiger partial charge in [-0.1, -0.05) is 19.9 Å². The van der Waals surface area contributed by atoms with Crippen molar-refractivity contribution in [2.45, 2.75) is 26.2 Å². The van der Waals surface area contributed by atoms with Gasteiger partial charge in [-0.3, -0.25) is 9.59 Å². The fraction of sp³-hybridized carbons (Fsp3) is 0.429. The fourth-order valence-corrected chi connectivity index (χ4v) is 2.16. The molecule has 2 rings (SSSR count). The van der Waals surface area contributed by atoms with Crippen LogP contribution in [0.3, 0.4) is 0 Å². The largest absolute Gasteiger partial charge is 0.324 e. The van der Waals surface area contributed by atoms with Crippen molar-refractivity contribution in [3.63, 3.8) is 0 Å². The Kier molecular flexibility index (Phi) is 3.85. The Morgan fingerprint density at radius 1 is 1.47 bits per heavy atom. The molecule has 0 saturated heterocycles. The fourth-order valence-electron chi connectivity index (χ4n) is 2.16. The highest BCUT2D eigenvalue weighted by atomic mass is 16.2. The highest BCUT2D eigenvalue weighted by molar-refractivity contribution is 6.04. The molecule has 0 unspecified atom stereocenters. The lowest BCUT2D eigenvalue weighted by molar-refractivity contribution is -0.117. The maximum absolute atomic E-state index is 11.9. The molecule has 1 aliphatic rings. The topological polar surface area (TPSA) is 75.4 Å². The number of nitrogens with two attached hydrogens (primary N) is 1. The lowest BCUT2D eigenvalue weighted by Crippen LogP contribution is -2.36. The molecular formula is C14H19N3O2. The summed E-state index contributed by atoms with van der Waals surface area (Å²) in [5.74, 6) is 0.119. The van der Waals surface area contributed by atoms with E-state index in [1.165, 1.54) is 0 Å². The van der Waals surface area contributed by atoms with Gasteiger partial charge in [0.05, 0.1) is 17.9 Å². The van der Waals surface area contributed by atoms with Crippen LogP contribution in [0, 0.1) is 0 Å². The molecule has 102 valence electrons. The third kappa shape index (κ3) is 2.76. The minimum Gasteiger partial charge on any atom is -0.324 e. The summed E-state index contributed by atoms with van der Waals surface area (Å²) in [5, 5.41) is 2.85. The number of benzene rings is 1. The minimum atomic E-state index is -0.171. The van der Waals surface area contributed by atoms with Crippen molar-refractivity contribution in [3.8, 4) is 0 Å². The van der Waals surface area contributed by atoms with Gasteiger partial charge in [-0.15, -0.1) is 0 Å². The Labute approximate surface area is 112 Å². The number of hydrogen-bond acceptors (Lipinski definition) is 3. The summed E-state index contributed by atoms with van der Waals surface area (Å²) in [4.78, 5) is 25.2. The second-order valence-electron chi connectivity index (χ2n) is 4.98. The first-order valence-corrected chi connectivity index (χ1v) is 6.47. The van der Waals surface area contributed by atoms with E-state index >= 15 is 0 Å². The van der Waals surface area contributed by atoms with Crippen LogP contribution in [0.15, 0.2) is 18.2 Å². The van der Waals surface area contributed by atoms with Crippen molar-refractivity contribution in [2.24, 2.45) is 5.73 Å². The molecule has 0 aromatic heterocycles. The molecule has 0 fully saturated rings. The Hall–Kier alpha value is -1.88. The van der Waals surface area contributed by atoms with Crippen molar-refractivity contribution in [1.29, 1.82) is 0 Å². The van der Waals surface area contributed by atoms with E-state index in [0.717, 1.165) is 11.3 Å². The van der Waals surface area contributed by atoms with Gasteiger partial charge in [0.1, 0.15) is 0 Å². The van der Waals surface area contributed by atoms with Gasteiger partial charge in [-0.05, 0) is 23.6 Å². The SMILES string of the molecule is CC(C)c1ccc2c(c1)NC(=O)CCN2C(=O)CN. The van der Waals surface area contributed by atoms with Crippen LogP contribution in [0.1, 0.15) is 31.7 Å². The number of amides is 2. The van der Waals surface area contributed by atoms with E-state index in [-0.39, 0.29) is 24.8 Å². The first-order valence-electron chi connectivity index (χ1n) is 6.47. The Morgan fingerprint density at radius 3 is 2.84 bits per heavy atom. The van der Waals surface area contributed by atoms with Crippen LogP contribution in [-0.2, 0) is 9.59 Å². The number of carbonyl (C=O) groups is 2. The van der Waals surface area contributed by atoms with Crippen molar-refractivity contribution >= 4 is 23.2 Å². The summed E-state index contributed by atoms with van der Waals surface area (Å²) in [6.07, 6.45) is 0.289. The van der Waals surface area contributed by atoms with Crippen LogP contribution >= 0.6 is 0 Å². The second kappa shape index (κ2) is 5.40. The lowest BCUT2D eigenvalue weighted by atomic mass is 10.0. The molecule has 1 heterocycles. The zero-order valence-corrected chi connectivity index (χ0v) is 11.3. The van der Waals surface area contributed by atoms with Crippen LogP contribution in [0.25, 0.3) is 0 Å². The molecule has 0 bridgehead atoms. The van der Waals surface area contributed by atoms with Crippen LogP contribution in [-0.4, -0.2) is 24.9 Å². The number of carbonyl (C=O) groups excluding carboxylic acids is 2. The zero-order valence-electron chi connectivity index (χ0n) is 11.3. The standard InChI is InChI=1S/C14H19N3O2/c1-9(2)10-3-4-12-11(7-10)16-13(18)5-6-17(12)14(19)8-15/h3-4,7,9H,5-6,8,15H2,1-2H3,(H,16,18). The van der Waals surface area contributed by atoms with E-state index in [0.29, 0.717) is 18.2 Å². The molecule has 0 spiro atoms. The monoisotopic (exact) mass is 261 g/mol. The predicted octanol–water partition coefficient (Wildman–Crippen LogP) is 1.44. The van der Waals surface area contributed by atoms with Gasteiger partial charge in [0, 0.05) is 13.0 Å². The van der Waals surface area contributed by atoms with Gasteiger partial charge < -0.3 is 16.0 Å². The van der Waals surface area contributed by atoms with Crippen molar-refractivity contribution in [2.75, 3.05) is 23.3 Å². The zero-order chi connectivity index (χ0) is 14.0. The van der Waals surface area contributed by atoms with Gasteiger partial charge in [0.15, 0.2) is 0 Å². The van der Waals surface area contributed by atoms with E-state index in [1.807, 2.05) is 18.2 Å². The maximum atomic E-state index is 11.9. The summed E-state index contributed by atoms with van der Waals surface area (Å²) < 4.78 is 0. The molecule has 5 nitrogen and oxygen atoms in total. The van der Waals surface area contributed by atoms with E-state index in [2.05, 4.69) is 19.2 Å². The second-order valence-corrected chi connectivity index (χ2v) is 4.98. The summed E-state index contributed by atoms with van der Waals surface area (Å²) in [7, 11) is 0. The third-order valence-corrected chi connectivity index (χ3v) is 3.29. The van der Waals surface area contributed by atoms with Gasteiger partial charge in [-0.2, -0.15) is 0 Å². The molecule has 0 radical (unpaired) electrons. The van der Waals surface area contributed by atoms with Crippen LogP contribution in [0.2, 0.25) is 0 Å². The normalized spacial score (nSPS) is 14.9. The first kappa shape index (κ1) is 13.5. The molecule has 19 heavy (non-hydrogen) atoms. The maximum Gasteiger partial charge on any atom is 0.240 e. The number of nitrogens with zero attached hydrogens (tertiary/aromatic N) is 1. The van der Waals surface area contributed by atoms with Gasteiger partial charge in [0.2, 0.25) is 11.8 Å². The molecule has 1 aliphatic heterocycles. The molecule has 2 amide bonds. The molecular weight excluding hydrogens is 242 g/mol. The highest BCUT2D eigenvalue weighted by Crippen LogP contribution is 2.32. The molecule has 0 aliphatic carbocycles. The summed E-state index contributed by atoms with van der Waals surface area (Å²) in [6, 6.07) is 5.79. The van der Waals surface area contributed by atoms with Crippen LogP contribution in [0.4, 0.5) is 11.4 Å². The number of anilines is 2. The van der Waals surface area contributed by atoms with E-state index in [9.17, 15) is 9.59 Å². The molecule has 1 aromatic carbocycles. The molecule has 0 saturated carbocycles. The van der Waals surface area contributed by atoms with Crippen LogP contribution in [0.5, 0.6) is 0 Å². The average molecular weight is 261 g/mol. The molecule has 3 N–H and O–H groups in total. The Bertz CT molecular complexity index is 511. The smallest absolute Gasteiger partial charge is 0.240 e. The van der Waals surface area contributed by atoms with Gasteiger partial charge in [0.25, 0.3) is 0 Å². The van der Waals surface area contributed by atoms with Gasteiger partial charge in [-0.25, -0.2) is 0 Å². The third-order valence-electron chi connectivity index (χ3n) is 3.29. The first-order chi connectivity index (χ1) is 9.02. The summed E-state index contributed by atoms with van der Waals surface area (Å²) in [6.45, 7) is 4.49. The summed E-state index contributed by atoms with van der Waals surface area (Å²) >= 11 is 0. The number of hydrogen-bond donors (Lipinski definition) is 2. The highest BCUT2D eigenvalue weighted by Gasteiger charge is 2.23. The van der Waals surface area contributed by atoms with Crippen molar-refractivity contribution in [1.82, 2.24) is 0 Å². The Morgan fingerprint density at radius 2 is 2.21 bits per heavy atom. The average Bonchev–Trinajstić information content (AvgIpc) is 2.55. The lowest BCUT2D eigenvalue weighted by Gasteiger charge is -2.22. The number of fused-ring (bicyclic) bond motifs is 1. The quantitative estimate of drug-likeness (QED) is 0.846. The van der Waals surface area contributed by atoms with Gasteiger partial charge >= 0.3 is 0 Å². The van der Waals surface area contributed by atoms with E-state index < -0.39 is 0 Å². The molecule has 0 atom stereocenters. The summed E-state index contributed by atoms with van der Waals surface area (Å²) in [5.41, 5.74) is 7.97. The molecule has 5 heteroatoms. The predicted molar refractivity (Wildman–Crippen MR) is 75.2 cm³/mol. The number of nitrogens with one attached hydrogen (secondary N) is 1. The van der Waals surface area contributed by atoms with Crippen molar-refractivity contribution < 1.29 is 9.59 Å².